The summed E-state index contributed by atoms with van der Waals surface area (Å²) in [6, 6.07) is 11.4. The molecule has 0 spiro atoms. The second kappa shape index (κ2) is 6.68. The Morgan fingerprint density at radius 2 is 1.76 bits per heavy atom. The Morgan fingerprint density at radius 3 is 2.48 bits per heavy atom. The standard InChI is InChI=1S/C17H17BrN2O/c1-11-8-13(3)14(9-12(11)2)10-19-20-17(21)15-6-4-5-7-16(15)18/h4-10H,1-3H3,(H,20,21)/b19-10-. The quantitative estimate of drug-likeness (QED) is 0.659. The maximum Gasteiger partial charge on any atom is 0.272 e. The van der Waals surface area contributed by atoms with Crippen LogP contribution >= 0.6 is 15.9 Å². The molecule has 21 heavy (non-hydrogen) atoms. The first kappa shape index (κ1) is 15.4. The molecule has 0 heterocycles. The molecule has 0 atom stereocenters. The minimum absolute atomic E-state index is 0.236. The van der Waals surface area contributed by atoms with Gasteiger partial charge in [-0.25, -0.2) is 5.43 Å². The zero-order chi connectivity index (χ0) is 15.4. The summed E-state index contributed by atoms with van der Waals surface area (Å²) < 4.78 is 0.750. The van der Waals surface area contributed by atoms with E-state index < -0.39 is 0 Å². The number of amides is 1. The predicted molar refractivity (Wildman–Crippen MR) is 89.9 cm³/mol. The minimum atomic E-state index is -0.236. The average molecular weight is 345 g/mol. The fourth-order valence-corrected chi connectivity index (χ4v) is 2.45. The summed E-state index contributed by atoms with van der Waals surface area (Å²) >= 11 is 3.35. The second-order valence-corrected chi connectivity index (χ2v) is 5.83. The van der Waals surface area contributed by atoms with Gasteiger partial charge in [-0.3, -0.25) is 4.79 Å². The Labute approximate surface area is 133 Å². The molecule has 1 N–H and O–H groups in total. The second-order valence-electron chi connectivity index (χ2n) is 4.97. The van der Waals surface area contributed by atoms with E-state index in [9.17, 15) is 4.79 Å². The van der Waals surface area contributed by atoms with Crippen molar-refractivity contribution in [1.29, 1.82) is 0 Å². The molecule has 3 nitrogen and oxygen atoms in total. The van der Waals surface area contributed by atoms with E-state index >= 15 is 0 Å². The van der Waals surface area contributed by atoms with Gasteiger partial charge >= 0.3 is 0 Å². The molecule has 4 heteroatoms. The zero-order valence-electron chi connectivity index (χ0n) is 12.3. The number of hydrogen-bond donors (Lipinski definition) is 1. The highest BCUT2D eigenvalue weighted by Gasteiger charge is 2.07. The van der Waals surface area contributed by atoms with Crippen molar-refractivity contribution in [2.75, 3.05) is 0 Å². The monoisotopic (exact) mass is 344 g/mol. The molecule has 1 amide bonds. The molecule has 0 radical (unpaired) electrons. The van der Waals surface area contributed by atoms with E-state index in [1.54, 1.807) is 12.3 Å². The molecule has 2 rings (SSSR count). The highest BCUT2D eigenvalue weighted by molar-refractivity contribution is 9.10. The number of carbonyl (C=O) groups is 1. The number of halogens is 1. The lowest BCUT2D eigenvalue weighted by Gasteiger charge is -2.06. The minimum Gasteiger partial charge on any atom is -0.267 e. The van der Waals surface area contributed by atoms with Crippen LogP contribution in [0.1, 0.15) is 32.6 Å². The molecule has 2 aromatic rings. The van der Waals surface area contributed by atoms with Gasteiger partial charge in [-0.1, -0.05) is 18.2 Å². The molecule has 0 fully saturated rings. The van der Waals surface area contributed by atoms with Crippen LogP contribution in [0.25, 0.3) is 0 Å². The van der Waals surface area contributed by atoms with E-state index in [-0.39, 0.29) is 5.91 Å². The fraction of sp³-hybridized carbons (Fsp3) is 0.176. The molecule has 0 aromatic heterocycles. The van der Waals surface area contributed by atoms with Gasteiger partial charge < -0.3 is 0 Å². The highest BCUT2D eigenvalue weighted by Crippen LogP contribution is 2.16. The van der Waals surface area contributed by atoms with Gasteiger partial charge in [0.1, 0.15) is 0 Å². The first-order valence-corrected chi connectivity index (χ1v) is 7.44. The molecule has 108 valence electrons. The normalized spacial score (nSPS) is 10.9. The molecular formula is C17H17BrN2O. The summed E-state index contributed by atoms with van der Waals surface area (Å²) in [5.74, 6) is -0.236. The maximum atomic E-state index is 12.0. The van der Waals surface area contributed by atoms with Crippen molar-refractivity contribution < 1.29 is 4.79 Å². The van der Waals surface area contributed by atoms with Gasteiger partial charge in [0.05, 0.1) is 11.8 Å². The Hall–Kier alpha value is -1.94. The number of benzene rings is 2. The molecule has 0 saturated carbocycles. The van der Waals surface area contributed by atoms with Gasteiger partial charge in [-0.2, -0.15) is 5.10 Å². The van der Waals surface area contributed by atoms with Crippen molar-refractivity contribution >= 4 is 28.1 Å². The van der Waals surface area contributed by atoms with Crippen LogP contribution in [0.5, 0.6) is 0 Å². The summed E-state index contributed by atoms with van der Waals surface area (Å²) in [5, 5.41) is 4.05. The van der Waals surface area contributed by atoms with Crippen LogP contribution in [0.2, 0.25) is 0 Å². The number of nitrogens with one attached hydrogen (secondary N) is 1. The number of rotatable bonds is 3. The molecule has 0 saturated heterocycles. The van der Waals surface area contributed by atoms with Crippen molar-refractivity contribution in [2.45, 2.75) is 20.8 Å². The summed E-state index contributed by atoms with van der Waals surface area (Å²) in [6.07, 6.45) is 1.68. The summed E-state index contributed by atoms with van der Waals surface area (Å²) in [5.41, 5.74) is 7.71. The van der Waals surface area contributed by atoms with E-state index in [4.69, 9.17) is 0 Å². The predicted octanol–water partition coefficient (Wildman–Crippen LogP) is 4.14. The lowest BCUT2D eigenvalue weighted by Crippen LogP contribution is -2.18. The maximum absolute atomic E-state index is 12.0. The van der Waals surface area contributed by atoms with E-state index in [0.29, 0.717) is 5.56 Å². The lowest BCUT2D eigenvalue weighted by atomic mass is 10.0. The van der Waals surface area contributed by atoms with E-state index in [0.717, 1.165) is 15.6 Å². The molecule has 0 aliphatic rings. The van der Waals surface area contributed by atoms with Crippen molar-refractivity contribution in [2.24, 2.45) is 5.10 Å². The van der Waals surface area contributed by atoms with Crippen molar-refractivity contribution in [1.82, 2.24) is 5.43 Å². The molecular weight excluding hydrogens is 328 g/mol. The number of hydrogen-bond acceptors (Lipinski definition) is 2. The lowest BCUT2D eigenvalue weighted by molar-refractivity contribution is 0.0954. The summed E-state index contributed by atoms with van der Waals surface area (Å²) in [7, 11) is 0. The smallest absolute Gasteiger partial charge is 0.267 e. The van der Waals surface area contributed by atoms with Crippen LogP contribution in [0, 0.1) is 20.8 Å². The fourth-order valence-electron chi connectivity index (χ4n) is 1.99. The van der Waals surface area contributed by atoms with Gasteiger partial charge in [-0.05, 0) is 77.2 Å². The molecule has 2 aromatic carbocycles. The van der Waals surface area contributed by atoms with Crippen LogP contribution in [0.4, 0.5) is 0 Å². The largest absolute Gasteiger partial charge is 0.272 e. The van der Waals surface area contributed by atoms with Crippen LogP contribution in [0.15, 0.2) is 46.0 Å². The Bertz CT molecular complexity index is 708. The molecule has 0 unspecified atom stereocenters. The van der Waals surface area contributed by atoms with Gasteiger partial charge in [0, 0.05) is 4.47 Å². The molecule has 0 aliphatic carbocycles. The van der Waals surface area contributed by atoms with Crippen molar-refractivity contribution in [3.8, 4) is 0 Å². The Balaban J connectivity index is 2.11. The molecule has 0 aliphatic heterocycles. The number of aryl methyl sites for hydroxylation is 3. The van der Waals surface area contributed by atoms with Gasteiger partial charge in [0.2, 0.25) is 0 Å². The van der Waals surface area contributed by atoms with Gasteiger partial charge in [0.15, 0.2) is 0 Å². The Morgan fingerprint density at radius 1 is 1.10 bits per heavy atom. The average Bonchev–Trinajstić information content (AvgIpc) is 2.44. The summed E-state index contributed by atoms with van der Waals surface area (Å²) in [6.45, 7) is 6.17. The first-order chi connectivity index (χ1) is 9.99. The Kier molecular flexibility index (Phi) is 4.91. The third-order valence-corrected chi connectivity index (χ3v) is 4.06. The van der Waals surface area contributed by atoms with E-state index in [2.05, 4.69) is 52.4 Å². The van der Waals surface area contributed by atoms with Gasteiger partial charge in [-0.15, -0.1) is 0 Å². The number of carbonyl (C=O) groups excluding carboxylic acids is 1. The SMILES string of the molecule is Cc1cc(C)c(/C=N\NC(=O)c2ccccc2Br)cc1C. The van der Waals surface area contributed by atoms with Crippen molar-refractivity contribution in [3.63, 3.8) is 0 Å². The van der Waals surface area contributed by atoms with Crippen LogP contribution < -0.4 is 5.43 Å². The van der Waals surface area contributed by atoms with Crippen molar-refractivity contribution in [3.05, 3.63) is 68.7 Å². The number of nitrogens with zero attached hydrogens (tertiary/aromatic N) is 1. The van der Waals surface area contributed by atoms with Crippen LogP contribution in [-0.2, 0) is 0 Å². The molecule has 0 bridgehead atoms. The first-order valence-electron chi connectivity index (χ1n) is 6.65. The van der Waals surface area contributed by atoms with E-state index in [1.807, 2.05) is 25.1 Å². The third-order valence-electron chi connectivity index (χ3n) is 3.37. The van der Waals surface area contributed by atoms with E-state index in [1.165, 1.54) is 11.1 Å². The summed E-state index contributed by atoms with van der Waals surface area (Å²) in [4.78, 5) is 12.0. The third kappa shape index (κ3) is 3.79. The topological polar surface area (TPSA) is 41.5 Å². The highest BCUT2D eigenvalue weighted by atomic mass is 79.9. The number of hydrazone groups is 1. The van der Waals surface area contributed by atoms with Crippen LogP contribution in [0.3, 0.4) is 0 Å². The van der Waals surface area contributed by atoms with Crippen LogP contribution in [-0.4, -0.2) is 12.1 Å². The van der Waals surface area contributed by atoms with Gasteiger partial charge in [0.25, 0.3) is 5.91 Å². The zero-order valence-corrected chi connectivity index (χ0v) is 13.9.